The first-order chi connectivity index (χ1) is 7.66. The zero-order chi connectivity index (χ0) is 11.5. The monoisotopic (exact) mass is 283 g/mol. The number of nitrogens with zero attached hydrogens (tertiary/aromatic N) is 1. The Hall–Kier alpha value is -0.870. The summed E-state index contributed by atoms with van der Waals surface area (Å²) in [5.74, 6) is 0.0858. The Morgan fingerprint density at radius 3 is 2.75 bits per heavy atom. The normalized spacial score (nSPS) is 20.9. The predicted molar refractivity (Wildman–Crippen MR) is 65.5 cm³/mol. The molecular weight excluding hydrogens is 270 g/mol. The molecule has 16 heavy (non-hydrogen) atoms. The number of rotatable bonds is 1. The molecule has 3 nitrogen and oxygen atoms in total. The van der Waals surface area contributed by atoms with Crippen molar-refractivity contribution in [2.24, 2.45) is 0 Å². The molecule has 0 N–H and O–H groups in total. The van der Waals surface area contributed by atoms with Gasteiger partial charge in [0.2, 0.25) is 0 Å². The first-order valence-corrected chi connectivity index (χ1v) is 6.12. The summed E-state index contributed by atoms with van der Waals surface area (Å²) in [4.78, 5) is 14.0. The fraction of sp³-hybridized carbons (Fsp3) is 0.417. The summed E-state index contributed by atoms with van der Waals surface area (Å²) in [7, 11) is 0. The van der Waals surface area contributed by atoms with E-state index in [0.29, 0.717) is 19.7 Å². The highest BCUT2D eigenvalue weighted by Gasteiger charge is 2.22. The van der Waals surface area contributed by atoms with Crippen molar-refractivity contribution in [3.63, 3.8) is 0 Å². The third-order valence-corrected chi connectivity index (χ3v) is 3.15. The number of benzene rings is 1. The van der Waals surface area contributed by atoms with Gasteiger partial charge in [0.15, 0.2) is 0 Å². The van der Waals surface area contributed by atoms with E-state index in [2.05, 4.69) is 15.9 Å². The molecular formula is C12H14BrNO2. The Morgan fingerprint density at radius 1 is 1.44 bits per heavy atom. The first kappa shape index (κ1) is 11.6. The van der Waals surface area contributed by atoms with Crippen LogP contribution in [-0.2, 0) is 4.74 Å². The smallest absolute Gasteiger partial charge is 0.254 e. The molecule has 1 aromatic rings. The second kappa shape index (κ2) is 4.97. The van der Waals surface area contributed by atoms with Crippen LogP contribution in [0.1, 0.15) is 17.3 Å². The van der Waals surface area contributed by atoms with E-state index in [1.807, 2.05) is 36.1 Å². The van der Waals surface area contributed by atoms with E-state index in [9.17, 15) is 4.79 Å². The van der Waals surface area contributed by atoms with Crippen LogP contribution in [0.4, 0.5) is 0 Å². The molecule has 86 valence electrons. The van der Waals surface area contributed by atoms with Gasteiger partial charge in [-0.15, -0.1) is 0 Å². The van der Waals surface area contributed by atoms with Gasteiger partial charge in [-0.25, -0.2) is 0 Å². The number of morpholine rings is 1. The van der Waals surface area contributed by atoms with Crippen molar-refractivity contribution in [1.82, 2.24) is 4.90 Å². The topological polar surface area (TPSA) is 29.5 Å². The summed E-state index contributed by atoms with van der Waals surface area (Å²) in [6.07, 6.45) is 0.133. The average Bonchev–Trinajstić information content (AvgIpc) is 2.29. The molecule has 0 aliphatic carbocycles. The van der Waals surface area contributed by atoms with Crippen LogP contribution in [0.3, 0.4) is 0 Å². The van der Waals surface area contributed by atoms with Crippen LogP contribution in [0.5, 0.6) is 0 Å². The van der Waals surface area contributed by atoms with Crippen molar-refractivity contribution in [2.45, 2.75) is 13.0 Å². The summed E-state index contributed by atoms with van der Waals surface area (Å²) in [5.41, 5.74) is 0.734. The molecule has 1 saturated heterocycles. The lowest BCUT2D eigenvalue weighted by Gasteiger charge is -2.31. The number of hydrogen-bond donors (Lipinski definition) is 0. The molecule has 2 rings (SSSR count). The fourth-order valence-corrected chi connectivity index (χ4v) is 2.04. The van der Waals surface area contributed by atoms with E-state index < -0.39 is 0 Å². The van der Waals surface area contributed by atoms with Gasteiger partial charge in [0, 0.05) is 23.1 Å². The van der Waals surface area contributed by atoms with Gasteiger partial charge in [0.05, 0.1) is 12.7 Å². The van der Waals surface area contributed by atoms with Crippen molar-refractivity contribution in [3.8, 4) is 0 Å². The highest BCUT2D eigenvalue weighted by molar-refractivity contribution is 9.10. The number of carbonyl (C=O) groups is 1. The maximum absolute atomic E-state index is 12.1. The molecule has 0 aromatic heterocycles. The number of halogens is 1. The maximum Gasteiger partial charge on any atom is 0.254 e. The molecule has 1 aliphatic heterocycles. The van der Waals surface area contributed by atoms with E-state index >= 15 is 0 Å². The predicted octanol–water partition coefficient (Wildman–Crippen LogP) is 2.31. The van der Waals surface area contributed by atoms with Crippen molar-refractivity contribution < 1.29 is 9.53 Å². The van der Waals surface area contributed by atoms with Crippen LogP contribution in [0.25, 0.3) is 0 Å². The third-order valence-electron chi connectivity index (χ3n) is 2.62. The van der Waals surface area contributed by atoms with Crippen LogP contribution in [0.2, 0.25) is 0 Å². The van der Waals surface area contributed by atoms with E-state index in [1.165, 1.54) is 0 Å². The number of ether oxygens (including phenoxy) is 1. The van der Waals surface area contributed by atoms with Crippen molar-refractivity contribution in [1.29, 1.82) is 0 Å². The Labute approximate surface area is 104 Å². The zero-order valence-corrected chi connectivity index (χ0v) is 10.7. The minimum atomic E-state index is 0.0858. The lowest BCUT2D eigenvalue weighted by Crippen LogP contribution is -2.44. The average molecular weight is 284 g/mol. The molecule has 0 saturated carbocycles. The number of amides is 1. The number of carbonyl (C=O) groups excluding carboxylic acids is 1. The molecule has 1 fully saturated rings. The summed E-state index contributed by atoms with van der Waals surface area (Å²) in [5, 5.41) is 0. The van der Waals surface area contributed by atoms with E-state index in [4.69, 9.17) is 4.74 Å². The largest absolute Gasteiger partial charge is 0.375 e. The summed E-state index contributed by atoms with van der Waals surface area (Å²) in [6.45, 7) is 3.97. The summed E-state index contributed by atoms with van der Waals surface area (Å²) < 4.78 is 6.40. The van der Waals surface area contributed by atoms with E-state index in [-0.39, 0.29) is 12.0 Å². The van der Waals surface area contributed by atoms with Crippen molar-refractivity contribution in [3.05, 3.63) is 34.3 Å². The fourth-order valence-electron chi connectivity index (χ4n) is 1.78. The number of hydrogen-bond acceptors (Lipinski definition) is 2. The zero-order valence-electron chi connectivity index (χ0n) is 9.15. The maximum atomic E-state index is 12.1. The molecule has 0 bridgehead atoms. The minimum absolute atomic E-state index is 0.0858. The second-order valence-electron chi connectivity index (χ2n) is 3.94. The Bertz CT molecular complexity index is 377. The van der Waals surface area contributed by atoms with Crippen molar-refractivity contribution in [2.75, 3.05) is 19.7 Å². The van der Waals surface area contributed by atoms with Crippen LogP contribution >= 0.6 is 15.9 Å². The van der Waals surface area contributed by atoms with Gasteiger partial charge < -0.3 is 9.64 Å². The lowest BCUT2D eigenvalue weighted by atomic mass is 10.2. The quantitative estimate of drug-likeness (QED) is 0.792. The van der Waals surface area contributed by atoms with Gasteiger partial charge in [-0.05, 0) is 31.2 Å². The van der Waals surface area contributed by atoms with Gasteiger partial charge >= 0.3 is 0 Å². The highest BCUT2D eigenvalue weighted by atomic mass is 79.9. The van der Waals surface area contributed by atoms with Gasteiger partial charge in [-0.1, -0.05) is 15.9 Å². The van der Waals surface area contributed by atoms with Crippen LogP contribution < -0.4 is 0 Å². The Balaban J connectivity index is 2.09. The SMILES string of the molecule is C[C@H]1CN(C(=O)c2ccc(Br)cc2)CCO1. The van der Waals surface area contributed by atoms with Crippen LogP contribution in [-0.4, -0.2) is 36.6 Å². The van der Waals surface area contributed by atoms with Crippen LogP contribution in [0.15, 0.2) is 28.7 Å². The lowest BCUT2D eigenvalue weighted by molar-refractivity contribution is -0.0124. The Kier molecular flexibility index (Phi) is 3.61. The minimum Gasteiger partial charge on any atom is -0.375 e. The molecule has 4 heteroatoms. The summed E-state index contributed by atoms with van der Waals surface area (Å²) in [6, 6.07) is 7.45. The van der Waals surface area contributed by atoms with Gasteiger partial charge in [-0.2, -0.15) is 0 Å². The first-order valence-electron chi connectivity index (χ1n) is 5.33. The molecule has 0 radical (unpaired) electrons. The summed E-state index contributed by atoms with van der Waals surface area (Å²) >= 11 is 3.36. The molecule has 0 unspecified atom stereocenters. The van der Waals surface area contributed by atoms with E-state index in [0.717, 1.165) is 10.0 Å². The van der Waals surface area contributed by atoms with Gasteiger partial charge in [0.1, 0.15) is 0 Å². The van der Waals surface area contributed by atoms with Gasteiger partial charge in [-0.3, -0.25) is 4.79 Å². The highest BCUT2D eigenvalue weighted by Crippen LogP contribution is 2.14. The standard InChI is InChI=1S/C12H14BrNO2/c1-9-8-14(6-7-16-9)12(15)10-2-4-11(13)5-3-10/h2-5,9H,6-8H2,1H3/t9-/m0/s1. The molecule has 1 aliphatic rings. The van der Waals surface area contributed by atoms with E-state index in [1.54, 1.807) is 0 Å². The van der Waals surface area contributed by atoms with Gasteiger partial charge in [0.25, 0.3) is 5.91 Å². The Morgan fingerprint density at radius 2 is 2.12 bits per heavy atom. The molecule has 1 atom stereocenters. The molecule has 0 spiro atoms. The molecule has 1 heterocycles. The van der Waals surface area contributed by atoms with Crippen molar-refractivity contribution >= 4 is 21.8 Å². The van der Waals surface area contributed by atoms with Crippen LogP contribution in [0, 0.1) is 0 Å². The molecule has 1 aromatic carbocycles. The molecule has 1 amide bonds. The second-order valence-corrected chi connectivity index (χ2v) is 4.86. The third kappa shape index (κ3) is 2.62.